The summed E-state index contributed by atoms with van der Waals surface area (Å²) < 4.78 is 7.05. The molecule has 0 bridgehead atoms. The summed E-state index contributed by atoms with van der Waals surface area (Å²) in [6.45, 7) is 2.69. The van der Waals surface area contributed by atoms with Gasteiger partial charge in [-0.1, -0.05) is 18.5 Å². The molecule has 5 nitrogen and oxygen atoms in total. The van der Waals surface area contributed by atoms with Gasteiger partial charge in [0, 0.05) is 23.3 Å². The summed E-state index contributed by atoms with van der Waals surface area (Å²) >= 11 is 5.85. The monoisotopic (exact) mass is 329 g/mol. The smallest absolute Gasteiger partial charge is 0.273 e. The fourth-order valence-electron chi connectivity index (χ4n) is 2.25. The highest BCUT2D eigenvalue weighted by molar-refractivity contribution is 6.30. The second-order valence-electron chi connectivity index (χ2n) is 5.08. The fourth-order valence-corrected chi connectivity index (χ4v) is 2.38. The number of anilines is 1. The van der Waals surface area contributed by atoms with Crippen LogP contribution in [0.2, 0.25) is 5.02 Å². The second-order valence-corrected chi connectivity index (χ2v) is 5.51. The number of rotatable bonds is 5. The number of benzene rings is 1. The van der Waals surface area contributed by atoms with E-state index in [0.29, 0.717) is 34.4 Å². The van der Waals surface area contributed by atoms with E-state index >= 15 is 0 Å². The van der Waals surface area contributed by atoms with E-state index in [4.69, 9.17) is 16.0 Å². The van der Waals surface area contributed by atoms with E-state index in [1.165, 1.54) is 0 Å². The standard InChI is InChI=1S/C17H16ClN3O2/c1-2-9-21-15(11-14(20-21)16-4-3-10-23-16)17(22)19-13-7-5-12(18)6-8-13/h3-8,10-11H,2,9H2,1H3,(H,19,22). The van der Waals surface area contributed by atoms with Crippen LogP contribution in [-0.2, 0) is 6.54 Å². The summed E-state index contributed by atoms with van der Waals surface area (Å²) in [5.41, 5.74) is 1.82. The lowest BCUT2D eigenvalue weighted by molar-refractivity contribution is 0.101. The normalized spacial score (nSPS) is 10.7. The number of halogens is 1. The van der Waals surface area contributed by atoms with Crippen molar-refractivity contribution in [3.05, 3.63) is 59.4 Å². The van der Waals surface area contributed by atoms with Crippen LogP contribution in [0.5, 0.6) is 0 Å². The van der Waals surface area contributed by atoms with Crippen molar-refractivity contribution >= 4 is 23.2 Å². The predicted molar refractivity (Wildman–Crippen MR) is 89.6 cm³/mol. The third-order valence-corrected chi connectivity index (χ3v) is 3.58. The van der Waals surface area contributed by atoms with Crippen molar-refractivity contribution in [3.63, 3.8) is 0 Å². The summed E-state index contributed by atoms with van der Waals surface area (Å²) in [6.07, 6.45) is 2.46. The summed E-state index contributed by atoms with van der Waals surface area (Å²) in [6, 6.07) is 12.3. The van der Waals surface area contributed by atoms with E-state index in [2.05, 4.69) is 10.4 Å². The molecule has 0 aliphatic rings. The lowest BCUT2D eigenvalue weighted by Gasteiger charge is -2.07. The Labute approximate surface area is 138 Å². The molecule has 0 fully saturated rings. The average molecular weight is 330 g/mol. The van der Waals surface area contributed by atoms with Crippen molar-refractivity contribution in [2.45, 2.75) is 19.9 Å². The number of carbonyl (C=O) groups is 1. The zero-order chi connectivity index (χ0) is 16.2. The second kappa shape index (κ2) is 6.71. The van der Waals surface area contributed by atoms with Gasteiger partial charge in [0.15, 0.2) is 5.76 Å². The number of hydrogen-bond donors (Lipinski definition) is 1. The van der Waals surface area contributed by atoms with E-state index in [1.807, 2.05) is 13.0 Å². The van der Waals surface area contributed by atoms with E-state index in [9.17, 15) is 4.79 Å². The minimum absolute atomic E-state index is 0.217. The number of amides is 1. The Hall–Kier alpha value is -2.53. The van der Waals surface area contributed by atoms with Crippen LogP contribution in [0.15, 0.2) is 53.1 Å². The summed E-state index contributed by atoms with van der Waals surface area (Å²) in [5, 5.41) is 7.94. The lowest BCUT2D eigenvalue weighted by Crippen LogP contribution is -2.17. The number of hydrogen-bond acceptors (Lipinski definition) is 3. The van der Waals surface area contributed by atoms with Crippen molar-refractivity contribution in [3.8, 4) is 11.5 Å². The molecule has 1 amide bonds. The average Bonchev–Trinajstić information content (AvgIpc) is 3.19. The maximum Gasteiger partial charge on any atom is 0.273 e. The molecule has 2 heterocycles. The first-order valence-corrected chi connectivity index (χ1v) is 7.74. The zero-order valence-corrected chi connectivity index (χ0v) is 13.4. The van der Waals surface area contributed by atoms with Crippen LogP contribution in [0.1, 0.15) is 23.8 Å². The van der Waals surface area contributed by atoms with Crippen molar-refractivity contribution < 1.29 is 9.21 Å². The molecule has 0 aliphatic carbocycles. The van der Waals surface area contributed by atoms with Crippen molar-refractivity contribution in [2.24, 2.45) is 0 Å². The van der Waals surface area contributed by atoms with Crippen molar-refractivity contribution in [1.82, 2.24) is 9.78 Å². The highest BCUT2D eigenvalue weighted by atomic mass is 35.5. The van der Waals surface area contributed by atoms with Crippen LogP contribution in [0, 0.1) is 0 Å². The van der Waals surface area contributed by atoms with Crippen molar-refractivity contribution in [1.29, 1.82) is 0 Å². The van der Waals surface area contributed by atoms with E-state index in [0.717, 1.165) is 6.42 Å². The molecule has 0 saturated heterocycles. The molecule has 0 unspecified atom stereocenters. The van der Waals surface area contributed by atoms with Gasteiger partial charge >= 0.3 is 0 Å². The van der Waals surface area contributed by atoms with Gasteiger partial charge in [-0.15, -0.1) is 0 Å². The van der Waals surface area contributed by atoms with Gasteiger partial charge < -0.3 is 9.73 Å². The molecular weight excluding hydrogens is 314 g/mol. The van der Waals surface area contributed by atoms with E-state index < -0.39 is 0 Å². The number of aromatic nitrogens is 2. The first-order valence-electron chi connectivity index (χ1n) is 7.36. The maximum atomic E-state index is 12.5. The van der Waals surface area contributed by atoms with Gasteiger partial charge in [-0.3, -0.25) is 9.48 Å². The molecule has 0 spiro atoms. The van der Waals surface area contributed by atoms with Crippen LogP contribution < -0.4 is 5.32 Å². The zero-order valence-electron chi connectivity index (χ0n) is 12.6. The molecule has 0 atom stereocenters. The number of nitrogens with zero attached hydrogens (tertiary/aromatic N) is 2. The third-order valence-electron chi connectivity index (χ3n) is 3.32. The molecule has 6 heteroatoms. The van der Waals surface area contributed by atoms with Gasteiger partial charge in [-0.2, -0.15) is 5.10 Å². The molecule has 0 aliphatic heterocycles. The van der Waals surface area contributed by atoms with Crippen LogP contribution in [0.3, 0.4) is 0 Å². The van der Waals surface area contributed by atoms with Gasteiger partial charge in [0.05, 0.1) is 6.26 Å². The SMILES string of the molecule is CCCn1nc(-c2ccco2)cc1C(=O)Nc1ccc(Cl)cc1. The van der Waals surface area contributed by atoms with Crippen LogP contribution in [0.25, 0.3) is 11.5 Å². The Morgan fingerprint density at radius 1 is 1.30 bits per heavy atom. The lowest BCUT2D eigenvalue weighted by atomic mass is 10.2. The van der Waals surface area contributed by atoms with Gasteiger partial charge in [0.1, 0.15) is 11.4 Å². The molecular formula is C17H16ClN3O2. The topological polar surface area (TPSA) is 60.1 Å². The Morgan fingerprint density at radius 3 is 2.74 bits per heavy atom. The Bertz CT molecular complexity index is 792. The van der Waals surface area contributed by atoms with Gasteiger partial charge in [-0.05, 0) is 42.8 Å². The number of nitrogens with one attached hydrogen (secondary N) is 1. The Balaban J connectivity index is 1.87. The first kappa shape index (κ1) is 15.4. The number of aryl methyl sites for hydroxylation is 1. The minimum atomic E-state index is -0.217. The molecule has 0 saturated carbocycles. The summed E-state index contributed by atoms with van der Waals surface area (Å²) in [5.74, 6) is 0.423. The quantitative estimate of drug-likeness (QED) is 0.751. The third kappa shape index (κ3) is 3.46. The first-order chi connectivity index (χ1) is 11.2. The highest BCUT2D eigenvalue weighted by Gasteiger charge is 2.17. The number of furan rings is 1. The minimum Gasteiger partial charge on any atom is -0.463 e. The molecule has 0 radical (unpaired) electrons. The Kier molecular flexibility index (Phi) is 4.48. The molecule has 1 aromatic carbocycles. The predicted octanol–water partition coefficient (Wildman–Crippen LogP) is 4.46. The van der Waals surface area contributed by atoms with Gasteiger partial charge in [0.25, 0.3) is 5.91 Å². The Morgan fingerprint density at radius 2 is 2.09 bits per heavy atom. The van der Waals surface area contributed by atoms with Gasteiger partial charge in [0.2, 0.25) is 0 Å². The molecule has 118 valence electrons. The van der Waals surface area contributed by atoms with E-state index in [-0.39, 0.29) is 5.91 Å². The van der Waals surface area contributed by atoms with Gasteiger partial charge in [-0.25, -0.2) is 0 Å². The van der Waals surface area contributed by atoms with E-state index in [1.54, 1.807) is 47.3 Å². The highest BCUT2D eigenvalue weighted by Crippen LogP contribution is 2.21. The molecule has 23 heavy (non-hydrogen) atoms. The number of carbonyl (C=O) groups excluding carboxylic acids is 1. The van der Waals surface area contributed by atoms with Crippen molar-refractivity contribution in [2.75, 3.05) is 5.32 Å². The fraction of sp³-hybridized carbons (Fsp3) is 0.176. The molecule has 2 aromatic heterocycles. The molecule has 1 N–H and O–H groups in total. The molecule has 3 rings (SSSR count). The van der Waals surface area contributed by atoms with Crippen LogP contribution >= 0.6 is 11.6 Å². The molecule has 3 aromatic rings. The largest absolute Gasteiger partial charge is 0.463 e. The van der Waals surface area contributed by atoms with Crippen LogP contribution in [0.4, 0.5) is 5.69 Å². The maximum absolute atomic E-state index is 12.5. The summed E-state index contributed by atoms with van der Waals surface area (Å²) in [7, 11) is 0. The summed E-state index contributed by atoms with van der Waals surface area (Å²) in [4.78, 5) is 12.5. The van der Waals surface area contributed by atoms with Crippen LogP contribution in [-0.4, -0.2) is 15.7 Å².